The number of carbonyl (C=O) groups is 1. The van der Waals surface area contributed by atoms with Gasteiger partial charge < -0.3 is 14.7 Å². The molecule has 0 bridgehead atoms. The van der Waals surface area contributed by atoms with Crippen LogP contribution in [-0.4, -0.2) is 40.9 Å². The predicted octanol–water partition coefficient (Wildman–Crippen LogP) is 3.30. The van der Waals surface area contributed by atoms with E-state index in [1.54, 1.807) is 16.2 Å². The van der Waals surface area contributed by atoms with Gasteiger partial charge in [-0.05, 0) is 62.4 Å². The van der Waals surface area contributed by atoms with Crippen molar-refractivity contribution in [2.45, 2.75) is 51.7 Å². The summed E-state index contributed by atoms with van der Waals surface area (Å²) in [6, 6.07) is 2.10. The lowest BCUT2D eigenvalue weighted by atomic mass is 9.96. The van der Waals surface area contributed by atoms with Gasteiger partial charge in [-0.3, -0.25) is 0 Å². The van der Waals surface area contributed by atoms with E-state index in [9.17, 15) is 9.90 Å². The van der Waals surface area contributed by atoms with Crippen LogP contribution in [0.4, 0.5) is 4.79 Å². The van der Waals surface area contributed by atoms with Crippen molar-refractivity contribution in [2.75, 3.05) is 13.1 Å². The van der Waals surface area contributed by atoms with Crippen molar-refractivity contribution in [3.63, 3.8) is 0 Å². The van der Waals surface area contributed by atoms with Crippen molar-refractivity contribution in [1.29, 1.82) is 0 Å². The van der Waals surface area contributed by atoms with Gasteiger partial charge in [0.2, 0.25) is 0 Å². The second-order valence-corrected chi connectivity index (χ2v) is 7.49. The Kier molecular flexibility index (Phi) is 5.27. The quantitative estimate of drug-likeness (QED) is 0.928. The van der Waals surface area contributed by atoms with E-state index < -0.39 is 5.60 Å². The Hall–Kier alpha value is -1.07. The Morgan fingerprint density at radius 2 is 2.33 bits per heavy atom. The van der Waals surface area contributed by atoms with Gasteiger partial charge in [-0.1, -0.05) is 0 Å². The maximum atomic E-state index is 12.0. The molecule has 2 atom stereocenters. The van der Waals surface area contributed by atoms with Crippen LogP contribution in [-0.2, 0) is 11.2 Å². The molecule has 4 nitrogen and oxygen atoms in total. The van der Waals surface area contributed by atoms with E-state index in [0.717, 1.165) is 19.3 Å². The zero-order valence-corrected chi connectivity index (χ0v) is 13.9. The van der Waals surface area contributed by atoms with Crippen LogP contribution in [0.5, 0.6) is 0 Å². The van der Waals surface area contributed by atoms with Gasteiger partial charge in [0.25, 0.3) is 0 Å². The molecule has 0 aromatic carbocycles. The molecule has 2 unspecified atom stereocenters. The zero-order chi connectivity index (χ0) is 15.5. The third kappa shape index (κ3) is 5.00. The molecule has 0 radical (unpaired) electrons. The van der Waals surface area contributed by atoms with E-state index >= 15 is 0 Å². The first-order valence-corrected chi connectivity index (χ1v) is 8.46. The van der Waals surface area contributed by atoms with Crippen molar-refractivity contribution in [3.05, 3.63) is 22.4 Å². The number of aliphatic hydroxyl groups is 1. The normalized spacial score (nSPS) is 20.6. The summed E-state index contributed by atoms with van der Waals surface area (Å²) in [6.45, 7) is 6.88. The molecule has 0 saturated carbocycles. The van der Waals surface area contributed by atoms with Crippen LogP contribution in [0.3, 0.4) is 0 Å². The zero-order valence-electron chi connectivity index (χ0n) is 13.0. The highest BCUT2D eigenvalue weighted by molar-refractivity contribution is 7.07. The molecule has 0 aliphatic carbocycles. The van der Waals surface area contributed by atoms with Gasteiger partial charge in [0.05, 0.1) is 6.10 Å². The summed E-state index contributed by atoms with van der Waals surface area (Å²) in [7, 11) is 0. The minimum absolute atomic E-state index is 0.163. The predicted molar refractivity (Wildman–Crippen MR) is 84.6 cm³/mol. The summed E-state index contributed by atoms with van der Waals surface area (Å²) in [5, 5.41) is 14.5. The van der Waals surface area contributed by atoms with Crippen LogP contribution in [0.2, 0.25) is 0 Å². The van der Waals surface area contributed by atoms with E-state index in [4.69, 9.17) is 4.74 Å². The minimum Gasteiger partial charge on any atom is -0.444 e. The number of amides is 1. The fraction of sp³-hybridized carbons (Fsp3) is 0.688. The first-order chi connectivity index (χ1) is 9.85. The van der Waals surface area contributed by atoms with E-state index in [-0.39, 0.29) is 18.1 Å². The molecule has 1 saturated heterocycles. The highest BCUT2D eigenvalue weighted by Crippen LogP contribution is 2.24. The van der Waals surface area contributed by atoms with Gasteiger partial charge in [-0.15, -0.1) is 0 Å². The van der Waals surface area contributed by atoms with Crippen molar-refractivity contribution >= 4 is 17.4 Å². The number of nitrogens with zero attached hydrogens (tertiary/aromatic N) is 1. The summed E-state index contributed by atoms with van der Waals surface area (Å²) in [5.41, 5.74) is 0.813. The summed E-state index contributed by atoms with van der Waals surface area (Å²) >= 11 is 1.68. The average Bonchev–Trinajstić information content (AvgIpc) is 3.05. The Bertz CT molecular complexity index is 453. The largest absolute Gasteiger partial charge is 0.444 e. The highest BCUT2D eigenvalue weighted by Gasteiger charge is 2.33. The number of carbonyl (C=O) groups excluding carboxylic acids is 1. The second kappa shape index (κ2) is 6.79. The number of ether oxygens (including phenoxy) is 1. The standard InChI is InChI=1S/C16H25NO3S/c1-16(2,3)20-15(19)17-8-6-13(10-17)14(18)5-4-12-7-9-21-11-12/h7,9,11,13-14,18H,4-6,8,10H2,1-3H3. The van der Waals surface area contributed by atoms with Crippen LogP contribution >= 0.6 is 11.3 Å². The van der Waals surface area contributed by atoms with Gasteiger partial charge >= 0.3 is 6.09 Å². The second-order valence-electron chi connectivity index (χ2n) is 6.71. The number of aliphatic hydroxyl groups excluding tert-OH is 1. The van der Waals surface area contributed by atoms with E-state index in [2.05, 4.69) is 16.8 Å². The van der Waals surface area contributed by atoms with Gasteiger partial charge in [0.1, 0.15) is 5.60 Å². The molecule has 1 aliphatic rings. The van der Waals surface area contributed by atoms with Crippen LogP contribution < -0.4 is 0 Å². The molecular weight excluding hydrogens is 286 g/mol. The fourth-order valence-electron chi connectivity index (χ4n) is 2.58. The number of aryl methyl sites for hydroxylation is 1. The maximum Gasteiger partial charge on any atom is 0.410 e. The van der Waals surface area contributed by atoms with Gasteiger partial charge in [-0.25, -0.2) is 4.79 Å². The third-order valence-electron chi connectivity index (χ3n) is 3.73. The highest BCUT2D eigenvalue weighted by atomic mass is 32.1. The molecule has 1 fully saturated rings. The van der Waals surface area contributed by atoms with Gasteiger partial charge in [-0.2, -0.15) is 11.3 Å². The molecule has 5 heteroatoms. The lowest BCUT2D eigenvalue weighted by Gasteiger charge is -2.25. The molecule has 21 heavy (non-hydrogen) atoms. The maximum absolute atomic E-state index is 12.0. The Morgan fingerprint density at radius 3 is 2.95 bits per heavy atom. The van der Waals surface area contributed by atoms with Crippen LogP contribution in [0, 0.1) is 5.92 Å². The minimum atomic E-state index is -0.466. The van der Waals surface area contributed by atoms with E-state index in [1.807, 2.05) is 20.8 Å². The summed E-state index contributed by atoms with van der Waals surface area (Å²) in [4.78, 5) is 13.7. The Morgan fingerprint density at radius 1 is 1.57 bits per heavy atom. The first-order valence-electron chi connectivity index (χ1n) is 7.52. The van der Waals surface area contributed by atoms with E-state index in [1.165, 1.54) is 5.56 Å². The fourth-order valence-corrected chi connectivity index (χ4v) is 3.28. The van der Waals surface area contributed by atoms with Crippen LogP contribution in [0.25, 0.3) is 0 Å². The number of rotatable bonds is 4. The van der Waals surface area contributed by atoms with Crippen molar-refractivity contribution in [2.24, 2.45) is 5.92 Å². The number of likely N-dealkylation sites (tertiary alicyclic amines) is 1. The van der Waals surface area contributed by atoms with Gasteiger partial charge in [0, 0.05) is 19.0 Å². The molecule has 1 aromatic rings. The lowest BCUT2D eigenvalue weighted by molar-refractivity contribution is 0.0266. The molecule has 1 N–H and O–H groups in total. The van der Waals surface area contributed by atoms with Crippen molar-refractivity contribution in [1.82, 2.24) is 4.90 Å². The summed E-state index contributed by atoms with van der Waals surface area (Å²) in [5.74, 6) is 0.163. The third-order valence-corrected chi connectivity index (χ3v) is 4.46. The first kappa shape index (κ1) is 16.3. The average molecular weight is 311 g/mol. The molecule has 1 aromatic heterocycles. The molecule has 0 spiro atoms. The van der Waals surface area contributed by atoms with Crippen molar-refractivity contribution < 1.29 is 14.6 Å². The van der Waals surface area contributed by atoms with E-state index in [0.29, 0.717) is 13.1 Å². The number of hydrogen-bond acceptors (Lipinski definition) is 4. The van der Waals surface area contributed by atoms with Gasteiger partial charge in [0.15, 0.2) is 0 Å². The smallest absolute Gasteiger partial charge is 0.410 e. The molecule has 1 aliphatic heterocycles. The SMILES string of the molecule is CC(C)(C)OC(=O)N1CCC(C(O)CCc2ccsc2)C1. The Balaban J connectivity index is 1.77. The molecule has 2 heterocycles. The molecule has 118 valence electrons. The summed E-state index contributed by atoms with van der Waals surface area (Å²) < 4.78 is 5.38. The summed E-state index contributed by atoms with van der Waals surface area (Å²) in [6.07, 6.45) is 1.88. The molecule has 2 rings (SSSR count). The topological polar surface area (TPSA) is 49.8 Å². The van der Waals surface area contributed by atoms with Crippen molar-refractivity contribution in [3.8, 4) is 0 Å². The van der Waals surface area contributed by atoms with Crippen LogP contribution in [0.15, 0.2) is 16.8 Å². The Labute approximate surface area is 130 Å². The molecule has 1 amide bonds. The number of thiophene rings is 1. The lowest BCUT2D eigenvalue weighted by Crippen LogP contribution is -2.36. The number of hydrogen-bond donors (Lipinski definition) is 1. The molecular formula is C16H25NO3S. The monoisotopic (exact) mass is 311 g/mol. The van der Waals surface area contributed by atoms with Crippen LogP contribution in [0.1, 0.15) is 39.2 Å².